The Morgan fingerprint density at radius 3 is 0.968 bits per heavy atom. The number of hydrogen-bond acceptors (Lipinski definition) is 3. The first-order chi connectivity index (χ1) is 12.9. The van der Waals surface area contributed by atoms with E-state index in [1.54, 1.807) is 0 Å². The third-order valence-corrected chi connectivity index (χ3v) is 3.14. The van der Waals surface area contributed by atoms with Gasteiger partial charge in [0, 0.05) is 0 Å². The fourth-order valence-corrected chi connectivity index (χ4v) is 1.13. The van der Waals surface area contributed by atoms with Gasteiger partial charge in [0.1, 0.15) is 0 Å². The fourth-order valence-electron chi connectivity index (χ4n) is 1.09. The molecule has 1 N–H and O–H groups in total. The predicted molar refractivity (Wildman–Crippen MR) is 54.8 cm³/mol. The first kappa shape index (κ1) is 29.9. The van der Waals surface area contributed by atoms with E-state index in [0.717, 1.165) is 0 Å². The molecule has 0 aliphatic carbocycles. The molecule has 0 aliphatic rings. The number of halogens is 19. The van der Waals surface area contributed by atoms with Crippen LogP contribution in [0, 0.1) is 0 Å². The van der Waals surface area contributed by atoms with Crippen LogP contribution in [0.15, 0.2) is 0 Å². The van der Waals surface area contributed by atoms with E-state index in [4.69, 9.17) is 5.11 Å². The van der Waals surface area contributed by atoms with E-state index in [1.807, 2.05) is 0 Å². The quantitative estimate of drug-likeness (QED) is 0.304. The second kappa shape index (κ2) is 7.47. The zero-order valence-corrected chi connectivity index (χ0v) is 13.7. The van der Waals surface area contributed by atoms with Crippen LogP contribution in [0.2, 0.25) is 0 Å². The van der Waals surface area contributed by atoms with Gasteiger partial charge in [-0.2, -0.15) is 74.6 Å². The van der Waals surface area contributed by atoms with Gasteiger partial charge >= 0.3 is 53.7 Å². The minimum Gasteiger partial charge on any atom is -0.331 e. The second-order valence-corrected chi connectivity index (χ2v) is 5.55. The van der Waals surface area contributed by atoms with Crippen molar-refractivity contribution in [1.29, 1.82) is 0 Å². The van der Waals surface area contributed by atoms with Crippen LogP contribution in [0.1, 0.15) is 0 Å². The molecule has 0 bridgehead atoms. The molecule has 0 heterocycles. The van der Waals surface area contributed by atoms with E-state index in [-0.39, 0.29) is 0 Å². The van der Waals surface area contributed by atoms with Gasteiger partial charge < -0.3 is 5.11 Å². The van der Waals surface area contributed by atoms with Crippen LogP contribution < -0.4 is 0 Å². The third-order valence-electron chi connectivity index (χ3n) is 2.71. The fraction of sp³-hybridized carbons (Fsp3) is 1.00. The molecule has 188 valence electrons. The lowest BCUT2D eigenvalue weighted by molar-refractivity contribution is -0.542. The Kier molecular flexibility index (Phi) is 7.21. The summed E-state index contributed by atoms with van der Waals surface area (Å²) < 4.78 is 229. The van der Waals surface area contributed by atoms with E-state index >= 15 is 0 Å². The minimum absolute atomic E-state index is 1.17. The maximum absolute atomic E-state index is 13.1. The van der Waals surface area contributed by atoms with Crippen molar-refractivity contribution >= 4 is 11.6 Å². The predicted octanol–water partition coefficient (Wildman–Crippen LogP) is 5.71. The van der Waals surface area contributed by atoms with E-state index < -0.39 is 53.7 Å². The monoisotopic (exact) mass is 534 g/mol. The Balaban J connectivity index is 6.17. The molecule has 0 saturated carbocycles. The Bertz CT molecular complexity index is 595. The maximum atomic E-state index is 13.1. The number of aliphatic hydroxyl groups is 1. The summed E-state index contributed by atoms with van der Waals surface area (Å²) >= 11 is 3.50. The Morgan fingerprint density at radius 1 is 0.452 bits per heavy atom. The number of hydrogen-bond donors (Lipinski definition) is 1. The molecular formula is C9HClF18O3. The van der Waals surface area contributed by atoms with Crippen molar-refractivity contribution in [3.05, 3.63) is 0 Å². The van der Waals surface area contributed by atoms with Gasteiger partial charge in [0.15, 0.2) is 0 Å². The molecule has 0 aromatic carbocycles. The van der Waals surface area contributed by atoms with E-state index in [2.05, 4.69) is 11.6 Å². The molecule has 1 atom stereocenters. The molecule has 0 rings (SSSR count). The highest BCUT2D eigenvalue weighted by molar-refractivity contribution is 6.24. The SMILES string of the molecule is OC(F)(F)C(F)(F)C(F)(F)OC(F)(F)C(F)(F)C(F)(F)OC(F)(F)C(F)(Cl)C(F)(F)F. The summed E-state index contributed by atoms with van der Waals surface area (Å²) in [6.45, 7) is 0. The van der Waals surface area contributed by atoms with Crippen molar-refractivity contribution in [1.82, 2.24) is 0 Å². The number of ether oxygens (including phenoxy) is 2. The average molecular weight is 535 g/mol. The molecule has 0 radical (unpaired) electrons. The first-order valence-electron chi connectivity index (χ1n) is 6.13. The first-order valence-corrected chi connectivity index (χ1v) is 6.51. The molecular weight excluding hydrogens is 534 g/mol. The average Bonchev–Trinajstić information content (AvgIpc) is 2.41. The zero-order valence-electron chi connectivity index (χ0n) is 12.9. The molecule has 0 aliphatic heterocycles. The molecule has 0 aromatic heterocycles. The lowest BCUT2D eigenvalue weighted by Gasteiger charge is -2.38. The number of alkyl halides is 19. The Hall–Kier alpha value is -1.09. The standard InChI is InChI=1S/C9HClF18O3/c10-1(11,4(16,17)18)6(21,22)30-8(25,26)3(14,15)9(27,28)31-7(23,24)2(12,13)5(19,20)29/h29H. The molecule has 31 heavy (non-hydrogen) atoms. The number of rotatable bonds is 9. The third kappa shape index (κ3) is 4.97. The van der Waals surface area contributed by atoms with Gasteiger partial charge in [0.2, 0.25) is 0 Å². The lowest BCUT2D eigenvalue weighted by Crippen LogP contribution is -2.65. The lowest BCUT2D eigenvalue weighted by atomic mass is 10.2. The van der Waals surface area contributed by atoms with Crippen molar-refractivity contribution in [2.45, 2.75) is 53.7 Å². The summed E-state index contributed by atoms with van der Waals surface area (Å²) in [6, 6.07) is 0. The van der Waals surface area contributed by atoms with Gasteiger partial charge in [0.25, 0.3) is 0 Å². The highest BCUT2D eigenvalue weighted by Gasteiger charge is 2.84. The van der Waals surface area contributed by atoms with E-state index in [1.165, 1.54) is 9.47 Å². The highest BCUT2D eigenvalue weighted by Crippen LogP contribution is 2.57. The smallest absolute Gasteiger partial charge is 0.331 e. The summed E-state index contributed by atoms with van der Waals surface area (Å²) in [5, 5.41) is 0.607. The maximum Gasteiger partial charge on any atom is 0.446 e. The molecule has 0 spiro atoms. The summed E-state index contributed by atoms with van der Waals surface area (Å²) in [5.41, 5.74) is 0. The topological polar surface area (TPSA) is 38.7 Å². The minimum atomic E-state index is -8.13. The molecule has 3 nitrogen and oxygen atoms in total. The molecule has 0 aromatic rings. The van der Waals surface area contributed by atoms with Gasteiger partial charge in [-0.25, -0.2) is 13.9 Å². The molecule has 0 saturated heterocycles. The molecule has 0 amide bonds. The van der Waals surface area contributed by atoms with Crippen LogP contribution in [0.25, 0.3) is 0 Å². The van der Waals surface area contributed by atoms with Gasteiger partial charge in [-0.1, -0.05) is 11.6 Å². The van der Waals surface area contributed by atoms with Gasteiger partial charge in [-0.15, -0.1) is 0 Å². The van der Waals surface area contributed by atoms with Crippen LogP contribution in [-0.4, -0.2) is 58.8 Å². The second-order valence-electron chi connectivity index (χ2n) is 5.03. The van der Waals surface area contributed by atoms with Crippen molar-refractivity contribution in [3.63, 3.8) is 0 Å². The van der Waals surface area contributed by atoms with Crippen LogP contribution in [0.3, 0.4) is 0 Å². The van der Waals surface area contributed by atoms with Crippen LogP contribution in [0.5, 0.6) is 0 Å². The van der Waals surface area contributed by atoms with Crippen molar-refractivity contribution < 1.29 is 93.6 Å². The highest BCUT2D eigenvalue weighted by atomic mass is 35.5. The summed E-state index contributed by atoms with van der Waals surface area (Å²) in [6.07, 6.45) is -45.1. The van der Waals surface area contributed by atoms with Crippen molar-refractivity contribution in [2.75, 3.05) is 0 Å². The van der Waals surface area contributed by atoms with Crippen LogP contribution in [-0.2, 0) is 9.47 Å². The Labute approximate surface area is 160 Å². The largest absolute Gasteiger partial charge is 0.446 e. The van der Waals surface area contributed by atoms with Crippen molar-refractivity contribution in [3.8, 4) is 0 Å². The van der Waals surface area contributed by atoms with Gasteiger partial charge in [-0.3, -0.25) is 0 Å². The zero-order chi connectivity index (χ0) is 25.9. The van der Waals surface area contributed by atoms with E-state index in [0.29, 0.717) is 0 Å². The normalized spacial score (nSPS) is 18.2. The molecule has 0 fully saturated rings. The summed E-state index contributed by atoms with van der Waals surface area (Å²) in [7, 11) is 0. The summed E-state index contributed by atoms with van der Waals surface area (Å²) in [5.74, 6) is -15.7. The van der Waals surface area contributed by atoms with Gasteiger partial charge in [-0.05, 0) is 0 Å². The molecule has 1 unspecified atom stereocenters. The summed E-state index contributed by atoms with van der Waals surface area (Å²) in [4.78, 5) is 0. The Morgan fingerprint density at radius 2 is 0.710 bits per heavy atom. The van der Waals surface area contributed by atoms with Gasteiger partial charge in [0.05, 0.1) is 0 Å². The van der Waals surface area contributed by atoms with E-state index in [9.17, 15) is 79.0 Å². The van der Waals surface area contributed by atoms with Crippen LogP contribution in [0.4, 0.5) is 79.0 Å². The van der Waals surface area contributed by atoms with Crippen LogP contribution >= 0.6 is 11.6 Å². The van der Waals surface area contributed by atoms with Crippen molar-refractivity contribution in [2.24, 2.45) is 0 Å². The molecule has 22 heteroatoms.